The molecule has 1 saturated heterocycles. The van der Waals surface area contributed by atoms with Crippen LogP contribution in [0.1, 0.15) is 19.3 Å². The first-order chi connectivity index (χ1) is 10.0. The molecule has 1 atom stereocenters. The standard InChI is InChI=1S/C14H17N3O3S/c18-13-14(5-2-8-16-13)6-3-9-17(11-14)21(19,20)12-4-1-7-15-10-12/h1-2,4,7-8,10H,3,5-6,9,11H2,(H,16,18)/t14-/m0/s1. The van der Waals surface area contributed by atoms with Crippen LogP contribution >= 0.6 is 0 Å². The molecular formula is C14H17N3O3S. The van der Waals surface area contributed by atoms with Gasteiger partial charge in [-0.3, -0.25) is 9.78 Å². The Morgan fingerprint density at radius 2 is 2.24 bits per heavy atom. The first-order valence-corrected chi connectivity index (χ1v) is 8.35. The molecule has 21 heavy (non-hydrogen) atoms. The zero-order valence-corrected chi connectivity index (χ0v) is 12.3. The van der Waals surface area contributed by atoms with E-state index in [1.807, 2.05) is 6.08 Å². The molecule has 0 saturated carbocycles. The van der Waals surface area contributed by atoms with E-state index in [2.05, 4.69) is 10.3 Å². The highest BCUT2D eigenvalue weighted by Crippen LogP contribution is 2.37. The average molecular weight is 307 g/mol. The average Bonchev–Trinajstić information content (AvgIpc) is 2.52. The monoisotopic (exact) mass is 307 g/mol. The van der Waals surface area contributed by atoms with Crippen molar-refractivity contribution in [3.8, 4) is 0 Å². The maximum atomic E-state index is 12.7. The van der Waals surface area contributed by atoms with Gasteiger partial charge in [0.1, 0.15) is 4.90 Å². The van der Waals surface area contributed by atoms with Gasteiger partial charge in [-0.1, -0.05) is 6.08 Å². The maximum Gasteiger partial charge on any atom is 0.244 e. The largest absolute Gasteiger partial charge is 0.332 e. The van der Waals surface area contributed by atoms with E-state index < -0.39 is 15.4 Å². The molecule has 2 aliphatic heterocycles. The summed E-state index contributed by atoms with van der Waals surface area (Å²) in [6, 6.07) is 3.13. The molecule has 3 heterocycles. The van der Waals surface area contributed by atoms with Gasteiger partial charge in [-0.15, -0.1) is 0 Å². The number of rotatable bonds is 2. The van der Waals surface area contributed by atoms with Crippen LogP contribution in [0.15, 0.2) is 41.7 Å². The van der Waals surface area contributed by atoms with Crippen LogP contribution in [0.4, 0.5) is 0 Å². The predicted octanol–water partition coefficient (Wildman–Crippen LogP) is 0.886. The topological polar surface area (TPSA) is 79.4 Å². The lowest BCUT2D eigenvalue weighted by Crippen LogP contribution is -2.53. The normalized spacial score (nSPS) is 26.8. The third-order valence-corrected chi connectivity index (χ3v) is 5.97. The van der Waals surface area contributed by atoms with Gasteiger partial charge < -0.3 is 5.32 Å². The van der Waals surface area contributed by atoms with Crippen LogP contribution in [-0.2, 0) is 14.8 Å². The smallest absolute Gasteiger partial charge is 0.244 e. The summed E-state index contributed by atoms with van der Waals surface area (Å²) in [6.45, 7) is 0.663. The fourth-order valence-electron chi connectivity index (χ4n) is 2.96. The Bertz CT molecular complexity index is 672. The number of aromatic nitrogens is 1. The van der Waals surface area contributed by atoms with Crippen molar-refractivity contribution in [2.45, 2.75) is 24.2 Å². The Morgan fingerprint density at radius 1 is 1.38 bits per heavy atom. The van der Waals surface area contributed by atoms with E-state index >= 15 is 0 Å². The summed E-state index contributed by atoms with van der Waals surface area (Å²) in [6.07, 6.45) is 8.37. The molecule has 1 spiro atoms. The molecule has 0 bridgehead atoms. The van der Waals surface area contributed by atoms with Gasteiger partial charge in [0.15, 0.2) is 0 Å². The number of carbonyl (C=O) groups is 1. The van der Waals surface area contributed by atoms with Crippen molar-refractivity contribution in [1.82, 2.24) is 14.6 Å². The van der Waals surface area contributed by atoms with Crippen molar-refractivity contribution in [3.05, 3.63) is 36.8 Å². The van der Waals surface area contributed by atoms with Crippen LogP contribution in [-0.4, -0.2) is 36.7 Å². The van der Waals surface area contributed by atoms with Gasteiger partial charge in [0.05, 0.1) is 5.41 Å². The molecule has 3 rings (SSSR count). The molecule has 0 aliphatic carbocycles. The SMILES string of the molecule is O=C1NC=CC[C@@]12CCCN(S(=O)(=O)c1cccnc1)C2. The first-order valence-electron chi connectivity index (χ1n) is 6.91. The van der Waals surface area contributed by atoms with E-state index in [4.69, 9.17) is 0 Å². The maximum absolute atomic E-state index is 12.7. The number of nitrogens with zero attached hydrogens (tertiary/aromatic N) is 2. The summed E-state index contributed by atoms with van der Waals surface area (Å²) in [7, 11) is -3.59. The van der Waals surface area contributed by atoms with Crippen molar-refractivity contribution in [3.63, 3.8) is 0 Å². The minimum atomic E-state index is -3.59. The van der Waals surface area contributed by atoms with Crippen molar-refractivity contribution in [1.29, 1.82) is 0 Å². The Balaban J connectivity index is 1.90. The van der Waals surface area contributed by atoms with Gasteiger partial charge in [-0.2, -0.15) is 4.31 Å². The van der Waals surface area contributed by atoms with Crippen LogP contribution in [0.2, 0.25) is 0 Å². The summed E-state index contributed by atoms with van der Waals surface area (Å²) in [5.74, 6) is -0.0870. The van der Waals surface area contributed by atoms with Gasteiger partial charge in [-0.25, -0.2) is 8.42 Å². The number of piperidine rings is 1. The zero-order chi connectivity index (χ0) is 14.9. The van der Waals surface area contributed by atoms with E-state index in [9.17, 15) is 13.2 Å². The molecular weight excluding hydrogens is 290 g/mol. The Morgan fingerprint density at radius 3 is 2.95 bits per heavy atom. The van der Waals surface area contributed by atoms with Crippen molar-refractivity contribution in [2.75, 3.05) is 13.1 Å². The molecule has 112 valence electrons. The number of nitrogens with one attached hydrogen (secondary N) is 1. The zero-order valence-electron chi connectivity index (χ0n) is 11.5. The third-order valence-electron chi connectivity index (χ3n) is 4.14. The van der Waals surface area contributed by atoms with Crippen LogP contribution in [0, 0.1) is 5.41 Å². The number of sulfonamides is 1. The van der Waals surface area contributed by atoms with Gasteiger partial charge >= 0.3 is 0 Å². The Hall–Kier alpha value is -1.73. The van der Waals surface area contributed by atoms with Crippen molar-refractivity contribution >= 4 is 15.9 Å². The van der Waals surface area contributed by atoms with E-state index in [1.165, 1.54) is 22.8 Å². The summed E-state index contributed by atoms with van der Waals surface area (Å²) in [4.78, 5) is 16.2. The summed E-state index contributed by atoms with van der Waals surface area (Å²) < 4.78 is 26.7. The molecule has 0 radical (unpaired) electrons. The second-order valence-corrected chi connectivity index (χ2v) is 7.43. The van der Waals surface area contributed by atoms with Gasteiger partial charge in [0.25, 0.3) is 0 Å². The molecule has 0 unspecified atom stereocenters. The van der Waals surface area contributed by atoms with Gasteiger partial charge in [-0.05, 0) is 37.6 Å². The molecule has 1 amide bonds. The van der Waals surface area contributed by atoms with Crippen LogP contribution in [0.5, 0.6) is 0 Å². The molecule has 6 nitrogen and oxygen atoms in total. The van der Waals surface area contributed by atoms with E-state index in [-0.39, 0.29) is 17.3 Å². The lowest BCUT2D eigenvalue weighted by atomic mass is 9.76. The van der Waals surface area contributed by atoms with Crippen LogP contribution < -0.4 is 5.32 Å². The van der Waals surface area contributed by atoms with E-state index in [0.29, 0.717) is 25.8 Å². The number of pyridine rings is 1. The number of amides is 1. The van der Waals surface area contributed by atoms with Crippen molar-refractivity contribution < 1.29 is 13.2 Å². The molecule has 1 aromatic heterocycles. The second kappa shape index (κ2) is 5.23. The number of hydrogen-bond acceptors (Lipinski definition) is 4. The summed E-state index contributed by atoms with van der Waals surface area (Å²) >= 11 is 0. The molecule has 1 aromatic rings. The Labute approximate surface area is 123 Å². The molecule has 0 aromatic carbocycles. The van der Waals surface area contributed by atoms with Crippen LogP contribution in [0.25, 0.3) is 0 Å². The molecule has 2 aliphatic rings. The highest BCUT2D eigenvalue weighted by Gasteiger charge is 2.45. The molecule has 1 fully saturated rings. The Kier molecular flexibility index (Phi) is 3.54. The van der Waals surface area contributed by atoms with E-state index in [0.717, 1.165) is 0 Å². The summed E-state index contributed by atoms with van der Waals surface area (Å²) in [5.41, 5.74) is -0.637. The van der Waals surface area contributed by atoms with Gasteiger partial charge in [0.2, 0.25) is 15.9 Å². The second-order valence-electron chi connectivity index (χ2n) is 5.49. The lowest BCUT2D eigenvalue weighted by Gasteiger charge is -2.41. The first kappa shape index (κ1) is 14.2. The van der Waals surface area contributed by atoms with Crippen molar-refractivity contribution in [2.24, 2.45) is 5.41 Å². The van der Waals surface area contributed by atoms with E-state index in [1.54, 1.807) is 12.3 Å². The quantitative estimate of drug-likeness (QED) is 0.880. The number of carbonyl (C=O) groups excluding carboxylic acids is 1. The summed E-state index contributed by atoms with van der Waals surface area (Å²) in [5, 5.41) is 2.70. The highest BCUT2D eigenvalue weighted by molar-refractivity contribution is 7.89. The fraction of sp³-hybridized carbons (Fsp3) is 0.429. The fourth-order valence-corrected chi connectivity index (χ4v) is 4.49. The molecule has 7 heteroatoms. The number of allylic oxidation sites excluding steroid dienone is 1. The lowest BCUT2D eigenvalue weighted by molar-refractivity contribution is -0.132. The minimum absolute atomic E-state index is 0.0870. The minimum Gasteiger partial charge on any atom is -0.332 e. The molecule has 1 N–H and O–H groups in total. The highest BCUT2D eigenvalue weighted by atomic mass is 32.2. The number of hydrogen-bond donors (Lipinski definition) is 1. The predicted molar refractivity (Wildman–Crippen MR) is 76.6 cm³/mol. The third kappa shape index (κ3) is 2.47. The van der Waals surface area contributed by atoms with Gasteiger partial charge in [0, 0.05) is 25.5 Å². The van der Waals surface area contributed by atoms with Crippen LogP contribution in [0.3, 0.4) is 0 Å².